The molecule has 1 unspecified atom stereocenters. The maximum Gasteiger partial charge on any atom is 0.244 e. The Balaban J connectivity index is 1.89. The van der Waals surface area contributed by atoms with Crippen LogP contribution >= 0.6 is 27.3 Å². The molecular formula is C10H11BrN4OS. The lowest BCUT2D eigenvalue weighted by Gasteiger charge is -2.11. The molecule has 7 heteroatoms. The van der Waals surface area contributed by atoms with Gasteiger partial charge in [-0.15, -0.1) is 11.3 Å². The summed E-state index contributed by atoms with van der Waals surface area (Å²) in [4.78, 5) is 15.6. The summed E-state index contributed by atoms with van der Waals surface area (Å²) in [5.41, 5.74) is 1.08. The predicted molar refractivity (Wildman–Crippen MR) is 68.6 cm³/mol. The van der Waals surface area contributed by atoms with Crippen LogP contribution in [0.25, 0.3) is 0 Å². The maximum atomic E-state index is 11.8. The van der Waals surface area contributed by atoms with Gasteiger partial charge in [0.25, 0.3) is 0 Å². The van der Waals surface area contributed by atoms with Crippen molar-refractivity contribution in [3.05, 3.63) is 33.5 Å². The Morgan fingerprint density at radius 3 is 3.12 bits per heavy atom. The van der Waals surface area contributed by atoms with Crippen molar-refractivity contribution in [3.8, 4) is 0 Å². The largest absolute Gasteiger partial charge is 0.350 e. The van der Waals surface area contributed by atoms with Crippen LogP contribution in [0.5, 0.6) is 0 Å². The lowest BCUT2D eigenvalue weighted by atomic mass is 10.3. The van der Waals surface area contributed by atoms with E-state index in [1.807, 2.05) is 11.4 Å². The Bertz CT molecular complexity index is 496. The fourth-order valence-corrected chi connectivity index (χ4v) is 2.52. The van der Waals surface area contributed by atoms with Crippen LogP contribution in [0.15, 0.2) is 27.9 Å². The highest BCUT2D eigenvalue weighted by Crippen LogP contribution is 2.20. The van der Waals surface area contributed by atoms with Crippen molar-refractivity contribution in [1.82, 2.24) is 20.1 Å². The molecule has 1 atom stereocenters. The summed E-state index contributed by atoms with van der Waals surface area (Å²) in [5.74, 6) is -0.0715. The van der Waals surface area contributed by atoms with Crippen LogP contribution in [0.2, 0.25) is 0 Å². The lowest BCUT2D eigenvalue weighted by molar-refractivity contribution is -0.124. The third kappa shape index (κ3) is 3.13. The average Bonchev–Trinajstić information content (AvgIpc) is 2.95. The normalized spacial score (nSPS) is 12.4. The molecule has 1 N–H and O–H groups in total. The van der Waals surface area contributed by atoms with Gasteiger partial charge in [0.05, 0.1) is 3.79 Å². The Labute approximate surface area is 111 Å². The standard InChI is InChI=1S/C10H11BrN4OS/c1-7(15-6-12-5-14-15)10(16)13-3-8-2-9(11)17-4-8/h2,4-7H,3H2,1H3,(H,13,16). The van der Waals surface area contributed by atoms with E-state index in [1.54, 1.807) is 18.3 Å². The molecule has 5 nitrogen and oxygen atoms in total. The van der Waals surface area contributed by atoms with Crippen LogP contribution in [0.3, 0.4) is 0 Å². The first kappa shape index (κ1) is 12.3. The quantitative estimate of drug-likeness (QED) is 0.938. The monoisotopic (exact) mass is 314 g/mol. The molecule has 0 aliphatic rings. The number of hydrogen-bond donors (Lipinski definition) is 1. The minimum Gasteiger partial charge on any atom is -0.350 e. The highest BCUT2D eigenvalue weighted by molar-refractivity contribution is 9.11. The zero-order valence-corrected chi connectivity index (χ0v) is 11.5. The Morgan fingerprint density at radius 1 is 1.71 bits per heavy atom. The number of carbonyl (C=O) groups is 1. The lowest BCUT2D eigenvalue weighted by Crippen LogP contribution is -2.30. The molecular weight excluding hydrogens is 304 g/mol. The van der Waals surface area contributed by atoms with Crippen LogP contribution in [-0.2, 0) is 11.3 Å². The molecule has 0 saturated heterocycles. The van der Waals surface area contributed by atoms with Crippen molar-refractivity contribution in [2.24, 2.45) is 0 Å². The first-order valence-corrected chi connectivity index (χ1v) is 6.69. The molecule has 0 radical (unpaired) electrons. The molecule has 0 bridgehead atoms. The number of carbonyl (C=O) groups excluding carboxylic acids is 1. The Hall–Kier alpha value is -1.21. The number of rotatable bonds is 4. The second kappa shape index (κ2) is 5.42. The smallest absolute Gasteiger partial charge is 0.244 e. The first-order chi connectivity index (χ1) is 8.16. The van der Waals surface area contributed by atoms with E-state index in [4.69, 9.17) is 0 Å². The van der Waals surface area contributed by atoms with E-state index in [1.165, 1.54) is 17.3 Å². The van der Waals surface area contributed by atoms with Gasteiger partial charge in [0, 0.05) is 6.54 Å². The Kier molecular flexibility index (Phi) is 3.90. The molecule has 2 aromatic heterocycles. The van der Waals surface area contributed by atoms with Gasteiger partial charge in [-0.2, -0.15) is 5.10 Å². The SMILES string of the molecule is CC(C(=O)NCc1csc(Br)c1)n1cncn1. The van der Waals surface area contributed by atoms with Gasteiger partial charge in [0.2, 0.25) is 5.91 Å². The van der Waals surface area contributed by atoms with Crippen molar-refractivity contribution in [1.29, 1.82) is 0 Å². The summed E-state index contributed by atoms with van der Waals surface area (Å²) >= 11 is 4.98. The highest BCUT2D eigenvalue weighted by atomic mass is 79.9. The third-order valence-electron chi connectivity index (χ3n) is 2.30. The van der Waals surface area contributed by atoms with E-state index in [0.29, 0.717) is 6.54 Å². The number of aromatic nitrogens is 3. The van der Waals surface area contributed by atoms with E-state index in [-0.39, 0.29) is 11.9 Å². The van der Waals surface area contributed by atoms with Gasteiger partial charge in [-0.1, -0.05) is 0 Å². The van der Waals surface area contributed by atoms with Crippen molar-refractivity contribution in [3.63, 3.8) is 0 Å². The average molecular weight is 315 g/mol. The summed E-state index contributed by atoms with van der Waals surface area (Å²) in [5, 5.41) is 8.80. The minimum absolute atomic E-state index is 0.0715. The van der Waals surface area contributed by atoms with Crippen LogP contribution < -0.4 is 5.32 Å². The molecule has 1 amide bonds. The summed E-state index contributed by atoms with van der Waals surface area (Å²) < 4.78 is 2.59. The molecule has 0 spiro atoms. The third-order valence-corrected chi connectivity index (χ3v) is 3.85. The number of thiophene rings is 1. The number of nitrogens with one attached hydrogen (secondary N) is 1. The maximum absolute atomic E-state index is 11.8. The molecule has 0 aliphatic heterocycles. The molecule has 17 heavy (non-hydrogen) atoms. The van der Waals surface area contributed by atoms with Crippen molar-refractivity contribution < 1.29 is 4.79 Å². The zero-order valence-electron chi connectivity index (χ0n) is 9.13. The van der Waals surface area contributed by atoms with Crippen molar-refractivity contribution in [2.75, 3.05) is 0 Å². The molecule has 0 aromatic carbocycles. The first-order valence-electron chi connectivity index (χ1n) is 5.01. The van der Waals surface area contributed by atoms with E-state index in [2.05, 4.69) is 31.3 Å². The summed E-state index contributed by atoms with van der Waals surface area (Å²) in [6, 6.07) is 1.64. The van der Waals surface area contributed by atoms with Gasteiger partial charge in [-0.25, -0.2) is 9.67 Å². The second-order valence-electron chi connectivity index (χ2n) is 3.53. The molecule has 2 aromatic rings. The van der Waals surface area contributed by atoms with Gasteiger partial charge in [0.15, 0.2) is 0 Å². The number of amides is 1. The topological polar surface area (TPSA) is 59.8 Å². The van der Waals surface area contributed by atoms with Crippen LogP contribution in [-0.4, -0.2) is 20.7 Å². The fourth-order valence-electron chi connectivity index (χ4n) is 1.31. The van der Waals surface area contributed by atoms with Crippen LogP contribution in [0, 0.1) is 0 Å². The van der Waals surface area contributed by atoms with Gasteiger partial charge in [-0.05, 0) is 39.9 Å². The van der Waals surface area contributed by atoms with Crippen LogP contribution in [0.1, 0.15) is 18.5 Å². The summed E-state index contributed by atoms with van der Waals surface area (Å²) in [6.45, 7) is 2.31. The van der Waals surface area contributed by atoms with Gasteiger partial charge < -0.3 is 5.32 Å². The van der Waals surface area contributed by atoms with E-state index >= 15 is 0 Å². The number of halogens is 1. The summed E-state index contributed by atoms with van der Waals surface area (Å²) in [7, 11) is 0. The summed E-state index contributed by atoms with van der Waals surface area (Å²) in [6.07, 6.45) is 2.95. The number of hydrogen-bond acceptors (Lipinski definition) is 4. The predicted octanol–water partition coefficient (Wildman–Crippen LogP) is 1.98. The van der Waals surface area contributed by atoms with Crippen molar-refractivity contribution in [2.45, 2.75) is 19.5 Å². The minimum atomic E-state index is -0.348. The molecule has 0 fully saturated rings. The molecule has 90 valence electrons. The molecule has 0 saturated carbocycles. The van der Waals surface area contributed by atoms with Crippen LogP contribution in [0.4, 0.5) is 0 Å². The van der Waals surface area contributed by atoms with Crippen molar-refractivity contribution >= 4 is 33.2 Å². The van der Waals surface area contributed by atoms with E-state index in [9.17, 15) is 4.79 Å². The molecule has 2 rings (SSSR count). The molecule has 2 heterocycles. The molecule has 0 aliphatic carbocycles. The Morgan fingerprint density at radius 2 is 2.53 bits per heavy atom. The van der Waals surface area contributed by atoms with E-state index < -0.39 is 0 Å². The second-order valence-corrected chi connectivity index (χ2v) is 5.82. The number of nitrogens with zero attached hydrogens (tertiary/aromatic N) is 3. The van der Waals surface area contributed by atoms with E-state index in [0.717, 1.165) is 9.35 Å². The highest BCUT2D eigenvalue weighted by Gasteiger charge is 2.14. The fraction of sp³-hybridized carbons (Fsp3) is 0.300. The van der Waals surface area contributed by atoms with Gasteiger partial charge in [-0.3, -0.25) is 4.79 Å². The zero-order chi connectivity index (χ0) is 12.3. The van der Waals surface area contributed by atoms with Gasteiger partial charge in [0.1, 0.15) is 18.7 Å². The van der Waals surface area contributed by atoms with Gasteiger partial charge >= 0.3 is 0 Å².